The molecule has 1 heterocycles. The van der Waals surface area contributed by atoms with Gasteiger partial charge in [0.15, 0.2) is 0 Å². The van der Waals surface area contributed by atoms with Crippen molar-refractivity contribution in [1.82, 2.24) is 4.98 Å². The fourth-order valence-corrected chi connectivity index (χ4v) is 4.71. The van der Waals surface area contributed by atoms with E-state index in [0.717, 1.165) is 11.1 Å². The van der Waals surface area contributed by atoms with Crippen molar-refractivity contribution in [1.29, 1.82) is 5.26 Å². The summed E-state index contributed by atoms with van der Waals surface area (Å²) in [7, 11) is 0. The Morgan fingerprint density at radius 3 is 2.50 bits per heavy atom. The number of thiazole rings is 1. The maximum Gasteiger partial charge on any atom is 0.143 e. The number of hydrogen-bond donors (Lipinski definition) is 1. The molecule has 8 heteroatoms. The molecule has 1 aromatic heterocycles. The first-order valence-electron chi connectivity index (χ1n) is 7.10. The van der Waals surface area contributed by atoms with Gasteiger partial charge in [0, 0.05) is 16.0 Å². The number of rotatable bonds is 3. The molecule has 0 fully saturated rings. The maximum atomic E-state index is 9.80. The van der Waals surface area contributed by atoms with Crippen molar-refractivity contribution in [3.63, 3.8) is 0 Å². The SMILES string of the molecule is N#CC(=Cc1cc(Br)c(O)c(Br)c1)c1nc(-c2ccc(Cl)cc2Cl)cs1. The fraction of sp³-hybridized carbons (Fsp3) is 0. The molecule has 3 aromatic rings. The molecular formula is C18H8Br2Cl2N2OS. The van der Waals surface area contributed by atoms with E-state index in [-0.39, 0.29) is 5.75 Å². The quantitative estimate of drug-likeness (QED) is 0.359. The van der Waals surface area contributed by atoms with Gasteiger partial charge in [0.1, 0.15) is 16.8 Å². The minimum atomic E-state index is 0.106. The second kappa shape index (κ2) is 8.12. The summed E-state index contributed by atoms with van der Waals surface area (Å²) in [5.74, 6) is 0.106. The zero-order valence-electron chi connectivity index (χ0n) is 12.8. The van der Waals surface area contributed by atoms with Crippen LogP contribution in [0, 0.1) is 11.3 Å². The van der Waals surface area contributed by atoms with Crippen LogP contribution in [0.1, 0.15) is 10.6 Å². The Balaban J connectivity index is 2.00. The minimum absolute atomic E-state index is 0.106. The van der Waals surface area contributed by atoms with E-state index in [0.29, 0.717) is 35.3 Å². The van der Waals surface area contributed by atoms with Crippen molar-refractivity contribution in [3.8, 4) is 23.1 Å². The second-order valence-corrected chi connectivity index (χ2v) is 8.58. The molecule has 0 aliphatic carbocycles. The number of benzene rings is 2. The smallest absolute Gasteiger partial charge is 0.143 e. The lowest BCUT2D eigenvalue weighted by molar-refractivity contribution is 0.468. The zero-order valence-corrected chi connectivity index (χ0v) is 18.3. The molecule has 0 unspecified atom stereocenters. The van der Waals surface area contributed by atoms with Gasteiger partial charge in [-0.25, -0.2) is 4.98 Å². The third-order valence-electron chi connectivity index (χ3n) is 3.41. The number of halogens is 4. The summed E-state index contributed by atoms with van der Waals surface area (Å²) < 4.78 is 1.06. The first-order valence-corrected chi connectivity index (χ1v) is 10.3. The highest BCUT2D eigenvalue weighted by atomic mass is 79.9. The van der Waals surface area contributed by atoms with Crippen molar-refractivity contribution in [3.05, 3.63) is 65.3 Å². The van der Waals surface area contributed by atoms with Gasteiger partial charge in [-0.2, -0.15) is 5.26 Å². The molecule has 3 rings (SSSR count). The van der Waals surface area contributed by atoms with E-state index < -0.39 is 0 Å². The van der Waals surface area contributed by atoms with Gasteiger partial charge in [0.05, 0.1) is 25.2 Å². The Hall–Kier alpha value is -1.36. The Labute approximate surface area is 180 Å². The van der Waals surface area contributed by atoms with Gasteiger partial charge >= 0.3 is 0 Å². The van der Waals surface area contributed by atoms with E-state index in [2.05, 4.69) is 42.9 Å². The standard InChI is InChI=1S/C18H8Br2Cl2N2OS/c19-13-4-9(5-14(20)17(13)25)3-10(7-23)18-24-16(8-26-18)12-2-1-11(21)6-15(12)22/h1-6,8,25H. The summed E-state index contributed by atoms with van der Waals surface area (Å²) in [5, 5.41) is 22.8. The number of nitrogens with zero attached hydrogens (tertiary/aromatic N) is 2. The molecule has 0 amide bonds. The lowest BCUT2D eigenvalue weighted by Crippen LogP contribution is -1.84. The van der Waals surface area contributed by atoms with Crippen LogP contribution < -0.4 is 0 Å². The summed E-state index contributed by atoms with van der Waals surface area (Å²) in [6.07, 6.45) is 1.71. The molecule has 0 saturated heterocycles. The molecule has 0 radical (unpaired) electrons. The average molecular weight is 531 g/mol. The first-order chi connectivity index (χ1) is 12.4. The van der Waals surface area contributed by atoms with Crippen molar-refractivity contribution in [2.75, 3.05) is 0 Å². The van der Waals surface area contributed by atoms with E-state index in [1.807, 2.05) is 5.38 Å². The van der Waals surface area contributed by atoms with Crippen molar-refractivity contribution < 1.29 is 5.11 Å². The maximum absolute atomic E-state index is 9.80. The number of phenolic OH excluding ortho intramolecular Hbond substituents is 1. The van der Waals surface area contributed by atoms with E-state index in [1.54, 1.807) is 36.4 Å². The monoisotopic (exact) mass is 528 g/mol. The summed E-state index contributed by atoms with van der Waals surface area (Å²) in [6.45, 7) is 0. The third-order valence-corrected chi connectivity index (χ3v) is 6.04. The van der Waals surface area contributed by atoms with Gasteiger partial charge in [-0.1, -0.05) is 23.2 Å². The largest absolute Gasteiger partial charge is 0.506 e. The van der Waals surface area contributed by atoms with Crippen LogP contribution in [0.3, 0.4) is 0 Å². The van der Waals surface area contributed by atoms with E-state index in [4.69, 9.17) is 23.2 Å². The van der Waals surface area contributed by atoms with Crippen molar-refractivity contribution in [2.45, 2.75) is 0 Å². The lowest BCUT2D eigenvalue weighted by atomic mass is 10.1. The van der Waals surface area contributed by atoms with E-state index in [1.165, 1.54) is 11.3 Å². The van der Waals surface area contributed by atoms with Crippen LogP contribution in [0.4, 0.5) is 0 Å². The van der Waals surface area contributed by atoms with Crippen LogP contribution in [-0.4, -0.2) is 10.1 Å². The van der Waals surface area contributed by atoms with Gasteiger partial charge < -0.3 is 5.11 Å². The Morgan fingerprint density at radius 2 is 1.88 bits per heavy atom. The van der Waals surface area contributed by atoms with Gasteiger partial charge in [-0.3, -0.25) is 0 Å². The topological polar surface area (TPSA) is 56.9 Å². The molecule has 0 bridgehead atoms. The highest BCUT2D eigenvalue weighted by Gasteiger charge is 2.13. The normalized spacial score (nSPS) is 11.4. The van der Waals surface area contributed by atoms with Crippen LogP contribution in [0.25, 0.3) is 22.9 Å². The molecule has 0 saturated carbocycles. The van der Waals surface area contributed by atoms with Crippen molar-refractivity contribution in [2.24, 2.45) is 0 Å². The highest BCUT2D eigenvalue weighted by molar-refractivity contribution is 9.11. The zero-order chi connectivity index (χ0) is 18.8. The summed E-state index contributed by atoms with van der Waals surface area (Å²) >= 11 is 20.1. The molecular weight excluding hydrogens is 523 g/mol. The predicted molar refractivity (Wildman–Crippen MR) is 115 cm³/mol. The molecule has 0 aliphatic heterocycles. The van der Waals surface area contributed by atoms with E-state index in [9.17, 15) is 10.4 Å². The van der Waals surface area contributed by atoms with Gasteiger partial charge in [-0.05, 0) is 73.8 Å². The molecule has 2 aromatic carbocycles. The molecule has 3 nitrogen and oxygen atoms in total. The highest BCUT2D eigenvalue weighted by Crippen LogP contribution is 2.36. The number of hydrogen-bond acceptors (Lipinski definition) is 4. The molecule has 0 atom stereocenters. The second-order valence-electron chi connectivity index (χ2n) is 5.17. The van der Waals surface area contributed by atoms with Crippen molar-refractivity contribution >= 4 is 78.0 Å². The summed E-state index contributed by atoms with van der Waals surface area (Å²) in [5.41, 5.74) is 2.60. The molecule has 0 aliphatic rings. The molecule has 26 heavy (non-hydrogen) atoms. The lowest BCUT2D eigenvalue weighted by Gasteiger charge is -2.03. The van der Waals surface area contributed by atoms with E-state index >= 15 is 0 Å². The number of aromatic hydroxyl groups is 1. The number of aromatic nitrogens is 1. The van der Waals surface area contributed by atoms with Gasteiger partial charge in [-0.15, -0.1) is 11.3 Å². The Kier molecular flexibility index (Phi) is 6.06. The fourth-order valence-electron chi connectivity index (χ4n) is 2.20. The van der Waals surface area contributed by atoms with Crippen LogP contribution in [-0.2, 0) is 0 Å². The molecule has 0 spiro atoms. The van der Waals surface area contributed by atoms with Crippen LogP contribution in [0.15, 0.2) is 44.7 Å². The van der Waals surface area contributed by atoms with Gasteiger partial charge in [0.25, 0.3) is 0 Å². The van der Waals surface area contributed by atoms with Crippen LogP contribution >= 0.6 is 66.4 Å². The van der Waals surface area contributed by atoms with Crippen LogP contribution in [0.2, 0.25) is 10.0 Å². The summed E-state index contributed by atoms with van der Waals surface area (Å²) in [4.78, 5) is 4.53. The summed E-state index contributed by atoms with van der Waals surface area (Å²) in [6, 6.07) is 10.8. The Morgan fingerprint density at radius 1 is 1.19 bits per heavy atom. The predicted octanol–water partition coefficient (Wildman–Crippen LogP) is 7.41. The Bertz CT molecular complexity index is 1050. The molecule has 130 valence electrons. The first kappa shape index (κ1) is 19.4. The average Bonchev–Trinajstić information content (AvgIpc) is 3.07. The van der Waals surface area contributed by atoms with Crippen LogP contribution in [0.5, 0.6) is 5.75 Å². The number of nitriles is 1. The minimum Gasteiger partial charge on any atom is -0.506 e. The van der Waals surface area contributed by atoms with Gasteiger partial charge in [0.2, 0.25) is 0 Å². The number of phenols is 1. The third kappa shape index (κ3) is 4.13. The number of allylic oxidation sites excluding steroid dienone is 1. The molecule has 1 N–H and O–H groups in total.